The van der Waals surface area contributed by atoms with Crippen molar-refractivity contribution in [1.29, 1.82) is 0 Å². The van der Waals surface area contributed by atoms with Gasteiger partial charge in [-0.15, -0.1) is 0 Å². The molecule has 7 heteroatoms. The summed E-state index contributed by atoms with van der Waals surface area (Å²) in [5, 5.41) is 3.89. The fourth-order valence-corrected chi connectivity index (χ4v) is 1.78. The van der Waals surface area contributed by atoms with Crippen LogP contribution < -0.4 is 10.2 Å². The number of pyridine rings is 1. The van der Waals surface area contributed by atoms with Gasteiger partial charge < -0.3 is 9.47 Å². The first-order valence-electron chi connectivity index (χ1n) is 7.31. The molecule has 24 heavy (non-hydrogen) atoms. The van der Waals surface area contributed by atoms with Gasteiger partial charge in [0.05, 0.1) is 18.4 Å². The number of hydrogen-bond donors (Lipinski definition) is 1. The lowest BCUT2D eigenvalue weighted by molar-refractivity contribution is -0.145. The van der Waals surface area contributed by atoms with Gasteiger partial charge in [0.15, 0.2) is 6.61 Å². The Kier molecular flexibility index (Phi) is 6.46. The maximum absolute atomic E-state index is 11.8. The third-order valence-corrected chi connectivity index (χ3v) is 2.86. The molecule has 0 bridgehead atoms. The van der Waals surface area contributed by atoms with Crippen molar-refractivity contribution in [1.82, 2.24) is 10.4 Å². The highest BCUT2D eigenvalue weighted by atomic mass is 16.6. The summed E-state index contributed by atoms with van der Waals surface area (Å²) in [5.41, 5.74) is 3.43. The van der Waals surface area contributed by atoms with Crippen LogP contribution in [0.5, 0.6) is 5.75 Å². The van der Waals surface area contributed by atoms with Crippen LogP contribution in [-0.4, -0.2) is 36.3 Å². The number of ether oxygens (including phenoxy) is 2. The van der Waals surface area contributed by atoms with Crippen molar-refractivity contribution < 1.29 is 19.1 Å². The van der Waals surface area contributed by atoms with Gasteiger partial charge in [-0.2, -0.15) is 5.10 Å². The molecule has 0 aliphatic carbocycles. The van der Waals surface area contributed by atoms with Crippen molar-refractivity contribution in [2.75, 3.05) is 13.2 Å². The lowest BCUT2D eigenvalue weighted by Crippen LogP contribution is -2.18. The largest absolute Gasteiger partial charge is 0.481 e. The van der Waals surface area contributed by atoms with Crippen LogP contribution in [0.2, 0.25) is 0 Å². The number of carbonyl (C=O) groups excluding carboxylic acids is 2. The van der Waals surface area contributed by atoms with Crippen molar-refractivity contribution in [2.24, 2.45) is 5.10 Å². The van der Waals surface area contributed by atoms with E-state index in [1.54, 1.807) is 49.5 Å². The van der Waals surface area contributed by atoms with E-state index < -0.39 is 5.97 Å². The lowest BCUT2D eigenvalue weighted by atomic mass is 10.2. The molecule has 2 aromatic rings. The van der Waals surface area contributed by atoms with Gasteiger partial charge in [-0.3, -0.25) is 9.78 Å². The number of esters is 1. The molecule has 0 spiro atoms. The minimum atomic E-state index is -0.450. The molecule has 1 N–H and O–H groups in total. The summed E-state index contributed by atoms with van der Waals surface area (Å²) in [5.74, 6) is -0.358. The minimum Gasteiger partial charge on any atom is -0.481 e. The topological polar surface area (TPSA) is 89.9 Å². The number of rotatable bonds is 7. The molecule has 7 nitrogen and oxygen atoms in total. The zero-order valence-corrected chi connectivity index (χ0v) is 13.1. The average molecular weight is 327 g/mol. The minimum absolute atomic E-state index is 0.194. The zero-order valence-electron chi connectivity index (χ0n) is 13.1. The van der Waals surface area contributed by atoms with Crippen LogP contribution in [0.25, 0.3) is 0 Å². The third-order valence-electron chi connectivity index (χ3n) is 2.86. The molecule has 0 aliphatic heterocycles. The molecule has 0 saturated carbocycles. The Morgan fingerprint density at radius 2 is 2.08 bits per heavy atom. The monoisotopic (exact) mass is 327 g/mol. The van der Waals surface area contributed by atoms with Crippen LogP contribution in [0, 0.1) is 0 Å². The van der Waals surface area contributed by atoms with E-state index in [0.29, 0.717) is 23.5 Å². The molecule has 2 rings (SSSR count). The molecule has 0 unspecified atom stereocenters. The fraction of sp³-hybridized carbons (Fsp3) is 0.176. The van der Waals surface area contributed by atoms with Crippen LogP contribution in [0.3, 0.4) is 0 Å². The van der Waals surface area contributed by atoms with Gasteiger partial charge in [-0.1, -0.05) is 12.1 Å². The van der Waals surface area contributed by atoms with E-state index in [1.165, 1.54) is 12.4 Å². The Bertz CT molecular complexity index is 717. The number of benzene rings is 1. The molecule has 1 heterocycles. The fourth-order valence-electron chi connectivity index (χ4n) is 1.78. The molecule has 1 amide bonds. The maximum atomic E-state index is 11.8. The highest BCUT2D eigenvalue weighted by Crippen LogP contribution is 2.15. The highest BCUT2D eigenvalue weighted by Gasteiger charge is 2.06. The SMILES string of the molecule is CCOC(=O)COc1ccccc1C=NNC(=O)c1cccnc1. The standard InChI is InChI=1S/C17H17N3O4/c1-2-23-16(21)12-24-15-8-4-3-6-13(15)11-19-20-17(22)14-7-5-9-18-10-14/h3-11H,2,12H2,1H3,(H,20,22). The number of amides is 1. The number of para-hydroxylation sites is 1. The number of nitrogens with zero attached hydrogens (tertiary/aromatic N) is 2. The van der Waals surface area contributed by atoms with Crippen LogP contribution in [0.4, 0.5) is 0 Å². The first-order valence-corrected chi connectivity index (χ1v) is 7.31. The van der Waals surface area contributed by atoms with Gasteiger partial charge in [0.25, 0.3) is 5.91 Å². The summed E-state index contributed by atoms with van der Waals surface area (Å²) < 4.78 is 10.2. The molecule has 0 saturated heterocycles. The maximum Gasteiger partial charge on any atom is 0.344 e. The molecular weight excluding hydrogens is 310 g/mol. The van der Waals surface area contributed by atoms with Crippen molar-refractivity contribution in [3.63, 3.8) is 0 Å². The molecule has 124 valence electrons. The quantitative estimate of drug-likeness (QED) is 0.476. The molecule has 0 atom stereocenters. The van der Waals surface area contributed by atoms with E-state index >= 15 is 0 Å². The summed E-state index contributed by atoms with van der Waals surface area (Å²) in [6.07, 6.45) is 4.47. The predicted molar refractivity (Wildman–Crippen MR) is 87.9 cm³/mol. The normalized spacial score (nSPS) is 10.4. The van der Waals surface area contributed by atoms with E-state index in [1.807, 2.05) is 0 Å². The number of nitrogens with one attached hydrogen (secondary N) is 1. The van der Waals surface area contributed by atoms with Gasteiger partial charge in [0.1, 0.15) is 5.75 Å². The Morgan fingerprint density at radius 1 is 1.25 bits per heavy atom. The van der Waals surface area contributed by atoms with Crippen LogP contribution in [-0.2, 0) is 9.53 Å². The number of hydrazone groups is 1. The van der Waals surface area contributed by atoms with E-state index in [0.717, 1.165) is 0 Å². The first-order chi connectivity index (χ1) is 11.7. The predicted octanol–water partition coefficient (Wildman–Crippen LogP) is 1.79. The molecule has 0 aliphatic rings. The lowest BCUT2D eigenvalue weighted by Gasteiger charge is -2.08. The Hall–Kier alpha value is -3.22. The second-order valence-electron chi connectivity index (χ2n) is 4.57. The number of carbonyl (C=O) groups is 2. The molecular formula is C17H17N3O4. The smallest absolute Gasteiger partial charge is 0.344 e. The van der Waals surface area contributed by atoms with Crippen molar-refractivity contribution in [3.05, 3.63) is 59.9 Å². The van der Waals surface area contributed by atoms with E-state index in [9.17, 15) is 9.59 Å². The third kappa shape index (κ3) is 5.20. The number of hydrogen-bond acceptors (Lipinski definition) is 6. The van der Waals surface area contributed by atoms with Crippen LogP contribution in [0.15, 0.2) is 53.9 Å². The molecule has 0 fully saturated rings. The van der Waals surface area contributed by atoms with Crippen molar-refractivity contribution in [3.8, 4) is 5.75 Å². The summed E-state index contributed by atoms with van der Waals surface area (Å²) in [4.78, 5) is 27.1. The van der Waals surface area contributed by atoms with Gasteiger partial charge in [0.2, 0.25) is 0 Å². The first kappa shape index (κ1) is 17.1. The van der Waals surface area contributed by atoms with Gasteiger partial charge in [-0.05, 0) is 31.2 Å². The summed E-state index contributed by atoms with van der Waals surface area (Å²) in [6, 6.07) is 10.3. The van der Waals surface area contributed by atoms with E-state index in [4.69, 9.17) is 9.47 Å². The van der Waals surface area contributed by atoms with Gasteiger partial charge in [0, 0.05) is 18.0 Å². The summed E-state index contributed by atoms with van der Waals surface area (Å²) >= 11 is 0. The number of aromatic nitrogens is 1. The molecule has 1 aromatic carbocycles. The highest BCUT2D eigenvalue weighted by molar-refractivity contribution is 5.94. The Labute approximate surface area is 139 Å². The Balaban J connectivity index is 1.96. The van der Waals surface area contributed by atoms with Crippen LogP contribution in [0.1, 0.15) is 22.8 Å². The van der Waals surface area contributed by atoms with Crippen molar-refractivity contribution in [2.45, 2.75) is 6.92 Å². The van der Waals surface area contributed by atoms with Gasteiger partial charge >= 0.3 is 5.97 Å². The van der Waals surface area contributed by atoms with E-state index in [2.05, 4.69) is 15.5 Å². The summed E-state index contributed by atoms with van der Waals surface area (Å²) in [6.45, 7) is 1.83. The second-order valence-corrected chi connectivity index (χ2v) is 4.57. The zero-order chi connectivity index (χ0) is 17.2. The molecule has 0 radical (unpaired) electrons. The van der Waals surface area contributed by atoms with Crippen LogP contribution >= 0.6 is 0 Å². The summed E-state index contributed by atoms with van der Waals surface area (Å²) in [7, 11) is 0. The molecule has 1 aromatic heterocycles. The Morgan fingerprint density at radius 3 is 2.83 bits per heavy atom. The van der Waals surface area contributed by atoms with Gasteiger partial charge in [-0.25, -0.2) is 10.2 Å². The van der Waals surface area contributed by atoms with Crippen molar-refractivity contribution >= 4 is 18.1 Å². The average Bonchev–Trinajstić information content (AvgIpc) is 2.62. The second kappa shape index (κ2) is 9.04. The van der Waals surface area contributed by atoms with E-state index in [-0.39, 0.29) is 12.5 Å².